The SMILES string of the molecule is CN(C)Nc1ccc([N+](=O)[O-])c(C(=O)O)c1. The van der Waals surface area contributed by atoms with Gasteiger partial charge in [-0.1, -0.05) is 0 Å². The zero-order valence-corrected chi connectivity index (χ0v) is 8.80. The number of anilines is 1. The van der Waals surface area contributed by atoms with Crippen LogP contribution in [0.2, 0.25) is 0 Å². The van der Waals surface area contributed by atoms with Gasteiger partial charge in [-0.15, -0.1) is 0 Å². The number of carboxylic acids is 1. The van der Waals surface area contributed by atoms with Gasteiger partial charge >= 0.3 is 5.97 Å². The van der Waals surface area contributed by atoms with Crippen molar-refractivity contribution in [3.63, 3.8) is 0 Å². The summed E-state index contributed by atoms with van der Waals surface area (Å²) in [5.41, 5.74) is 2.54. The summed E-state index contributed by atoms with van der Waals surface area (Å²) in [5, 5.41) is 21.0. The summed E-state index contributed by atoms with van der Waals surface area (Å²) in [4.78, 5) is 20.7. The number of hydrogen-bond donors (Lipinski definition) is 2. The fraction of sp³-hybridized carbons (Fsp3) is 0.222. The lowest BCUT2D eigenvalue weighted by atomic mass is 10.1. The minimum atomic E-state index is -1.32. The van der Waals surface area contributed by atoms with E-state index in [2.05, 4.69) is 5.43 Å². The van der Waals surface area contributed by atoms with Crippen molar-refractivity contribution in [2.75, 3.05) is 19.5 Å². The number of carbonyl (C=O) groups is 1. The van der Waals surface area contributed by atoms with Crippen LogP contribution in [0, 0.1) is 10.1 Å². The first-order chi connectivity index (χ1) is 7.41. The number of carboxylic acid groups (broad SMARTS) is 1. The lowest BCUT2D eigenvalue weighted by Crippen LogP contribution is -2.19. The highest BCUT2D eigenvalue weighted by Gasteiger charge is 2.19. The van der Waals surface area contributed by atoms with E-state index in [0.29, 0.717) is 5.69 Å². The van der Waals surface area contributed by atoms with Gasteiger partial charge in [-0.25, -0.2) is 9.80 Å². The lowest BCUT2D eigenvalue weighted by Gasteiger charge is -2.13. The number of hydrazine groups is 1. The number of aromatic carboxylic acids is 1. The Morgan fingerprint density at radius 3 is 2.56 bits per heavy atom. The number of nitrogens with one attached hydrogen (secondary N) is 1. The van der Waals surface area contributed by atoms with Gasteiger partial charge in [0.1, 0.15) is 5.56 Å². The number of nitro groups is 1. The third kappa shape index (κ3) is 2.67. The van der Waals surface area contributed by atoms with Crippen LogP contribution in [0.25, 0.3) is 0 Å². The minimum Gasteiger partial charge on any atom is -0.477 e. The maximum absolute atomic E-state index is 10.8. The van der Waals surface area contributed by atoms with Crippen molar-refractivity contribution in [2.24, 2.45) is 0 Å². The Bertz CT molecular complexity index is 431. The highest BCUT2D eigenvalue weighted by molar-refractivity contribution is 5.93. The van der Waals surface area contributed by atoms with E-state index in [4.69, 9.17) is 5.11 Å². The predicted octanol–water partition coefficient (Wildman–Crippen LogP) is 1.18. The first kappa shape index (κ1) is 11.9. The fourth-order valence-electron chi connectivity index (χ4n) is 1.19. The van der Waals surface area contributed by atoms with Crippen molar-refractivity contribution >= 4 is 17.3 Å². The van der Waals surface area contributed by atoms with Gasteiger partial charge in [-0.3, -0.25) is 10.1 Å². The molecule has 1 rings (SSSR count). The van der Waals surface area contributed by atoms with E-state index in [1.54, 1.807) is 19.1 Å². The quantitative estimate of drug-likeness (QED) is 0.590. The van der Waals surface area contributed by atoms with Gasteiger partial charge in [0.2, 0.25) is 0 Å². The number of rotatable bonds is 4. The molecular formula is C9H11N3O4. The van der Waals surface area contributed by atoms with E-state index in [-0.39, 0.29) is 5.56 Å². The maximum Gasteiger partial charge on any atom is 0.342 e. The lowest BCUT2D eigenvalue weighted by molar-refractivity contribution is -0.385. The zero-order chi connectivity index (χ0) is 12.3. The molecule has 0 aliphatic heterocycles. The van der Waals surface area contributed by atoms with E-state index in [9.17, 15) is 14.9 Å². The zero-order valence-electron chi connectivity index (χ0n) is 8.80. The Balaban J connectivity index is 3.17. The van der Waals surface area contributed by atoms with Gasteiger partial charge < -0.3 is 10.5 Å². The second-order valence-corrected chi connectivity index (χ2v) is 3.30. The van der Waals surface area contributed by atoms with Gasteiger partial charge in [0, 0.05) is 20.2 Å². The van der Waals surface area contributed by atoms with Crippen molar-refractivity contribution < 1.29 is 14.8 Å². The number of nitrogens with zero attached hydrogens (tertiary/aromatic N) is 2. The van der Waals surface area contributed by atoms with Crippen LogP contribution >= 0.6 is 0 Å². The molecule has 0 amide bonds. The molecule has 2 N–H and O–H groups in total. The van der Waals surface area contributed by atoms with E-state index in [1.807, 2.05) is 0 Å². The largest absolute Gasteiger partial charge is 0.477 e. The molecule has 16 heavy (non-hydrogen) atoms. The average Bonchev–Trinajstić information content (AvgIpc) is 2.16. The van der Waals surface area contributed by atoms with Crippen molar-refractivity contribution in [3.8, 4) is 0 Å². The fourth-order valence-corrected chi connectivity index (χ4v) is 1.19. The monoisotopic (exact) mass is 225 g/mol. The molecule has 0 unspecified atom stereocenters. The standard InChI is InChI=1S/C9H11N3O4/c1-11(2)10-6-3-4-8(12(15)16)7(5-6)9(13)14/h3-5,10H,1-2H3,(H,13,14). The summed E-state index contributed by atoms with van der Waals surface area (Å²) in [6.07, 6.45) is 0. The topological polar surface area (TPSA) is 95.7 Å². The summed E-state index contributed by atoms with van der Waals surface area (Å²) in [7, 11) is 3.45. The first-order valence-corrected chi connectivity index (χ1v) is 4.37. The molecule has 0 radical (unpaired) electrons. The molecule has 0 aliphatic carbocycles. The maximum atomic E-state index is 10.8. The van der Waals surface area contributed by atoms with Crippen LogP contribution in [0.5, 0.6) is 0 Å². The Kier molecular flexibility index (Phi) is 3.41. The Labute approximate surface area is 91.4 Å². The molecule has 86 valence electrons. The number of nitro benzene ring substituents is 1. The Morgan fingerprint density at radius 1 is 1.50 bits per heavy atom. The molecule has 0 atom stereocenters. The predicted molar refractivity (Wildman–Crippen MR) is 57.4 cm³/mol. The number of hydrogen-bond acceptors (Lipinski definition) is 5. The molecule has 0 aliphatic rings. The molecule has 0 bridgehead atoms. The molecule has 0 saturated heterocycles. The van der Waals surface area contributed by atoms with Gasteiger partial charge in [0.05, 0.1) is 10.6 Å². The second-order valence-electron chi connectivity index (χ2n) is 3.30. The number of benzene rings is 1. The molecule has 1 aromatic rings. The third-order valence-corrected chi connectivity index (χ3v) is 1.78. The van der Waals surface area contributed by atoms with E-state index in [0.717, 1.165) is 6.07 Å². The highest BCUT2D eigenvalue weighted by atomic mass is 16.6. The van der Waals surface area contributed by atoms with E-state index >= 15 is 0 Å². The molecule has 0 heterocycles. The van der Waals surface area contributed by atoms with Gasteiger partial charge in [-0.2, -0.15) is 0 Å². The Morgan fingerprint density at radius 2 is 2.12 bits per heavy atom. The summed E-state index contributed by atoms with van der Waals surface area (Å²) >= 11 is 0. The van der Waals surface area contributed by atoms with Crippen LogP contribution < -0.4 is 5.43 Å². The molecule has 1 aromatic carbocycles. The van der Waals surface area contributed by atoms with E-state index in [1.165, 1.54) is 12.1 Å². The normalized spacial score (nSPS) is 10.2. The van der Waals surface area contributed by atoms with Crippen molar-refractivity contribution in [2.45, 2.75) is 0 Å². The van der Waals surface area contributed by atoms with Gasteiger partial charge in [0.15, 0.2) is 0 Å². The summed E-state index contributed by atoms with van der Waals surface area (Å²) in [5.74, 6) is -1.32. The van der Waals surface area contributed by atoms with Crippen LogP contribution in [0.4, 0.5) is 11.4 Å². The third-order valence-electron chi connectivity index (χ3n) is 1.78. The summed E-state index contributed by atoms with van der Waals surface area (Å²) in [6, 6.07) is 3.83. The molecule has 0 aromatic heterocycles. The average molecular weight is 225 g/mol. The summed E-state index contributed by atoms with van der Waals surface area (Å²) < 4.78 is 0. The van der Waals surface area contributed by atoms with Crippen molar-refractivity contribution in [1.29, 1.82) is 0 Å². The van der Waals surface area contributed by atoms with Crippen LogP contribution in [0.3, 0.4) is 0 Å². The molecule has 0 fully saturated rings. The summed E-state index contributed by atoms with van der Waals surface area (Å²) in [6.45, 7) is 0. The van der Waals surface area contributed by atoms with Crippen molar-refractivity contribution in [3.05, 3.63) is 33.9 Å². The molecule has 7 heteroatoms. The van der Waals surface area contributed by atoms with Gasteiger partial charge in [-0.05, 0) is 12.1 Å². The first-order valence-electron chi connectivity index (χ1n) is 4.37. The van der Waals surface area contributed by atoms with Crippen LogP contribution in [0.15, 0.2) is 18.2 Å². The Hall–Kier alpha value is -2.15. The van der Waals surface area contributed by atoms with Crippen LogP contribution in [0.1, 0.15) is 10.4 Å². The smallest absolute Gasteiger partial charge is 0.342 e. The molecule has 7 nitrogen and oxygen atoms in total. The van der Waals surface area contributed by atoms with Crippen LogP contribution in [-0.4, -0.2) is 35.1 Å². The molecule has 0 saturated carbocycles. The van der Waals surface area contributed by atoms with E-state index < -0.39 is 16.6 Å². The molecule has 0 spiro atoms. The van der Waals surface area contributed by atoms with Crippen molar-refractivity contribution in [1.82, 2.24) is 5.01 Å². The minimum absolute atomic E-state index is 0.336. The molecular weight excluding hydrogens is 214 g/mol. The second kappa shape index (κ2) is 4.58. The highest BCUT2D eigenvalue weighted by Crippen LogP contribution is 2.22. The van der Waals surface area contributed by atoms with Gasteiger partial charge in [0.25, 0.3) is 5.69 Å². The van der Waals surface area contributed by atoms with Crippen LogP contribution in [-0.2, 0) is 0 Å².